The van der Waals surface area contributed by atoms with Crippen molar-refractivity contribution in [2.24, 2.45) is 12.8 Å². The highest BCUT2D eigenvalue weighted by molar-refractivity contribution is 5.85. The van der Waals surface area contributed by atoms with Crippen molar-refractivity contribution in [3.8, 4) is 0 Å². The van der Waals surface area contributed by atoms with Crippen LogP contribution in [0.2, 0.25) is 0 Å². The van der Waals surface area contributed by atoms with Crippen LogP contribution < -0.4 is 5.73 Å². The fraction of sp³-hybridized carbons (Fsp3) is 0.200. The van der Waals surface area contributed by atoms with E-state index in [0.29, 0.717) is 6.54 Å². The molecule has 0 aliphatic heterocycles. The fourth-order valence-corrected chi connectivity index (χ4v) is 1.54. The van der Waals surface area contributed by atoms with Gasteiger partial charge in [0.15, 0.2) is 0 Å². The number of nitrogens with zero attached hydrogens (tertiary/aromatic N) is 1. The van der Waals surface area contributed by atoms with Gasteiger partial charge in [0.2, 0.25) is 0 Å². The first-order valence-electron chi connectivity index (χ1n) is 4.06. The van der Waals surface area contributed by atoms with Crippen LogP contribution >= 0.6 is 12.4 Å². The quantitative estimate of drug-likeness (QED) is 0.744. The molecule has 0 aliphatic carbocycles. The van der Waals surface area contributed by atoms with Crippen LogP contribution in [0.5, 0.6) is 0 Å². The number of hydrogen-bond donors (Lipinski definition) is 1. The molecular weight excluding hydrogens is 184 g/mol. The molecule has 70 valence electrons. The third-order valence-electron chi connectivity index (χ3n) is 2.24. The molecule has 3 heteroatoms. The van der Waals surface area contributed by atoms with Crippen molar-refractivity contribution in [3.63, 3.8) is 0 Å². The van der Waals surface area contributed by atoms with Gasteiger partial charge in [0, 0.05) is 30.7 Å². The molecule has 0 amide bonds. The Kier molecular flexibility index (Phi) is 2.96. The van der Waals surface area contributed by atoms with Crippen molar-refractivity contribution in [2.75, 3.05) is 0 Å². The summed E-state index contributed by atoms with van der Waals surface area (Å²) < 4.78 is 2.11. The first-order valence-corrected chi connectivity index (χ1v) is 4.06. The second kappa shape index (κ2) is 3.81. The van der Waals surface area contributed by atoms with Crippen molar-refractivity contribution in [2.45, 2.75) is 6.54 Å². The van der Waals surface area contributed by atoms with E-state index >= 15 is 0 Å². The highest BCUT2D eigenvalue weighted by atomic mass is 35.5. The molecule has 0 unspecified atom stereocenters. The lowest BCUT2D eigenvalue weighted by atomic mass is 10.1. The lowest BCUT2D eigenvalue weighted by Gasteiger charge is -1.99. The molecule has 0 bridgehead atoms. The average Bonchev–Trinajstić information content (AvgIpc) is 2.48. The van der Waals surface area contributed by atoms with Crippen LogP contribution in [0.25, 0.3) is 10.9 Å². The molecule has 2 rings (SSSR count). The molecular formula is C10H13ClN2. The van der Waals surface area contributed by atoms with Gasteiger partial charge < -0.3 is 10.3 Å². The minimum Gasteiger partial charge on any atom is -0.351 e. The maximum atomic E-state index is 5.62. The third kappa shape index (κ3) is 1.55. The monoisotopic (exact) mass is 196 g/mol. The number of fused-ring (bicyclic) bond motifs is 1. The fourth-order valence-electron chi connectivity index (χ4n) is 1.54. The number of rotatable bonds is 1. The van der Waals surface area contributed by atoms with Crippen LogP contribution in [-0.2, 0) is 13.6 Å². The van der Waals surface area contributed by atoms with Gasteiger partial charge in [-0.1, -0.05) is 12.1 Å². The second-order valence-corrected chi connectivity index (χ2v) is 2.98. The Morgan fingerprint density at radius 1 is 1.31 bits per heavy atom. The normalized spacial score (nSPS) is 10.0. The molecule has 1 aromatic heterocycles. The van der Waals surface area contributed by atoms with E-state index in [1.807, 2.05) is 13.1 Å². The zero-order valence-electron chi connectivity index (χ0n) is 7.53. The van der Waals surface area contributed by atoms with Crippen LogP contribution in [0.4, 0.5) is 0 Å². The van der Waals surface area contributed by atoms with Crippen molar-refractivity contribution < 1.29 is 0 Å². The standard InChI is InChI=1S/C10H12N2.ClH/c1-12-6-5-9-8(7-11)3-2-4-10(9)12;/h2-6H,7,11H2,1H3;1H. The van der Waals surface area contributed by atoms with E-state index in [1.165, 1.54) is 16.5 Å². The molecule has 0 saturated heterocycles. The number of benzene rings is 1. The molecule has 0 saturated carbocycles. The first-order chi connectivity index (χ1) is 5.83. The molecule has 13 heavy (non-hydrogen) atoms. The van der Waals surface area contributed by atoms with Gasteiger partial charge >= 0.3 is 0 Å². The van der Waals surface area contributed by atoms with E-state index in [4.69, 9.17) is 5.73 Å². The second-order valence-electron chi connectivity index (χ2n) is 2.98. The van der Waals surface area contributed by atoms with Gasteiger partial charge in [0.05, 0.1) is 0 Å². The molecule has 2 aromatic rings. The summed E-state index contributed by atoms with van der Waals surface area (Å²) in [6.07, 6.45) is 2.06. The zero-order valence-corrected chi connectivity index (χ0v) is 8.34. The third-order valence-corrected chi connectivity index (χ3v) is 2.24. The summed E-state index contributed by atoms with van der Waals surface area (Å²) in [7, 11) is 2.04. The van der Waals surface area contributed by atoms with Gasteiger partial charge in [-0.25, -0.2) is 0 Å². The van der Waals surface area contributed by atoms with E-state index in [-0.39, 0.29) is 12.4 Å². The van der Waals surface area contributed by atoms with Gasteiger partial charge in [-0.15, -0.1) is 12.4 Å². The molecule has 1 heterocycles. The Labute approximate surface area is 83.8 Å². The maximum absolute atomic E-state index is 5.62. The number of aromatic nitrogens is 1. The van der Waals surface area contributed by atoms with Gasteiger partial charge in [0.25, 0.3) is 0 Å². The van der Waals surface area contributed by atoms with Crippen molar-refractivity contribution in [1.29, 1.82) is 0 Å². The molecule has 2 N–H and O–H groups in total. The molecule has 0 radical (unpaired) electrons. The lowest BCUT2D eigenvalue weighted by molar-refractivity contribution is 0.968. The van der Waals surface area contributed by atoms with Gasteiger partial charge in [-0.05, 0) is 17.7 Å². The van der Waals surface area contributed by atoms with E-state index in [9.17, 15) is 0 Å². The Bertz CT molecular complexity index is 406. The summed E-state index contributed by atoms with van der Waals surface area (Å²) in [5.41, 5.74) is 8.08. The van der Waals surface area contributed by atoms with E-state index in [2.05, 4.69) is 29.0 Å². The number of halogens is 1. The minimum absolute atomic E-state index is 0. The van der Waals surface area contributed by atoms with Crippen molar-refractivity contribution >= 4 is 23.3 Å². The summed E-state index contributed by atoms with van der Waals surface area (Å²) in [5.74, 6) is 0. The van der Waals surface area contributed by atoms with Gasteiger partial charge in [-0.3, -0.25) is 0 Å². The Morgan fingerprint density at radius 2 is 2.08 bits per heavy atom. The molecule has 1 aromatic carbocycles. The molecule has 0 spiro atoms. The predicted molar refractivity (Wildman–Crippen MR) is 58.1 cm³/mol. The SMILES string of the molecule is Cl.Cn1ccc2c(CN)cccc21. The Morgan fingerprint density at radius 3 is 2.77 bits per heavy atom. The van der Waals surface area contributed by atoms with Crippen LogP contribution in [0, 0.1) is 0 Å². The number of hydrogen-bond acceptors (Lipinski definition) is 1. The summed E-state index contributed by atoms with van der Waals surface area (Å²) in [4.78, 5) is 0. The minimum atomic E-state index is 0. The lowest BCUT2D eigenvalue weighted by Crippen LogP contribution is -1.96. The van der Waals surface area contributed by atoms with Crippen LogP contribution in [-0.4, -0.2) is 4.57 Å². The molecule has 0 atom stereocenters. The maximum Gasteiger partial charge on any atom is 0.0480 e. The Hall–Kier alpha value is -0.990. The zero-order chi connectivity index (χ0) is 8.55. The van der Waals surface area contributed by atoms with Crippen molar-refractivity contribution in [1.82, 2.24) is 4.57 Å². The average molecular weight is 197 g/mol. The van der Waals surface area contributed by atoms with Crippen LogP contribution in [0.3, 0.4) is 0 Å². The molecule has 0 aliphatic rings. The van der Waals surface area contributed by atoms with Gasteiger partial charge in [-0.2, -0.15) is 0 Å². The van der Waals surface area contributed by atoms with E-state index in [0.717, 1.165) is 0 Å². The van der Waals surface area contributed by atoms with E-state index < -0.39 is 0 Å². The van der Waals surface area contributed by atoms with Crippen LogP contribution in [0.1, 0.15) is 5.56 Å². The first kappa shape index (κ1) is 10.1. The molecule has 2 nitrogen and oxygen atoms in total. The summed E-state index contributed by atoms with van der Waals surface area (Å²) in [6.45, 7) is 0.612. The highest BCUT2D eigenvalue weighted by Crippen LogP contribution is 2.18. The number of aryl methyl sites for hydroxylation is 1. The van der Waals surface area contributed by atoms with Crippen LogP contribution in [0.15, 0.2) is 30.5 Å². The summed E-state index contributed by atoms with van der Waals surface area (Å²) >= 11 is 0. The Balaban J connectivity index is 0.000000845. The van der Waals surface area contributed by atoms with E-state index in [1.54, 1.807) is 0 Å². The topological polar surface area (TPSA) is 30.9 Å². The highest BCUT2D eigenvalue weighted by Gasteiger charge is 2.00. The smallest absolute Gasteiger partial charge is 0.0480 e. The summed E-state index contributed by atoms with van der Waals surface area (Å²) in [5, 5.41) is 1.27. The van der Waals surface area contributed by atoms with Gasteiger partial charge in [0.1, 0.15) is 0 Å². The summed E-state index contributed by atoms with van der Waals surface area (Å²) in [6, 6.07) is 8.33. The molecule has 0 fully saturated rings. The van der Waals surface area contributed by atoms with Crippen molar-refractivity contribution in [3.05, 3.63) is 36.0 Å². The largest absolute Gasteiger partial charge is 0.351 e. The number of nitrogens with two attached hydrogens (primary N) is 1. The predicted octanol–water partition coefficient (Wildman–Crippen LogP) is 2.06.